The third-order valence-electron chi connectivity index (χ3n) is 4.04. The smallest absolute Gasteiger partial charge is 0.270 e. The first-order chi connectivity index (χ1) is 14.4. The lowest BCUT2D eigenvalue weighted by molar-refractivity contribution is -0.384. The Morgan fingerprint density at radius 2 is 1.97 bits per heavy atom. The van der Waals surface area contributed by atoms with Gasteiger partial charge in [0.2, 0.25) is 0 Å². The van der Waals surface area contributed by atoms with Crippen molar-refractivity contribution in [1.29, 1.82) is 5.26 Å². The number of nitro benzene ring substituents is 1. The van der Waals surface area contributed by atoms with Gasteiger partial charge in [-0.05, 0) is 65.1 Å². The highest BCUT2D eigenvalue weighted by Gasteiger charge is 2.16. The number of nitro groups is 1. The topological polar surface area (TPSA) is 118 Å². The van der Waals surface area contributed by atoms with Crippen LogP contribution in [0.5, 0.6) is 5.75 Å². The van der Waals surface area contributed by atoms with Gasteiger partial charge in [0.15, 0.2) is 0 Å². The van der Waals surface area contributed by atoms with E-state index in [4.69, 9.17) is 9.15 Å². The largest absolute Gasteiger partial charge is 0.496 e. The molecule has 1 aromatic heterocycles. The minimum Gasteiger partial charge on any atom is -0.496 e. The van der Waals surface area contributed by atoms with Crippen molar-refractivity contribution in [3.8, 4) is 23.1 Å². The molecule has 3 rings (SSSR count). The van der Waals surface area contributed by atoms with Gasteiger partial charge in [-0.3, -0.25) is 14.9 Å². The molecule has 9 heteroatoms. The summed E-state index contributed by atoms with van der Waals surface area (Å²) >= 11 is 2.15. The van der Waals surface area contributed by atoms with Crippen molar-refractivity contribution >= 4 is 45.9 Å². The zero-order valence-corrected chi connectivity index (χ0v) is 17.7. The number of carbonyl (C=O) groups excluding carboxylic acids is 1. The molecule has 1 heterocycles. The first kappa shape index (κ1) is 21.1. The second kappa shape index (κ2) is 9.23. The number of anilines is 1. The van der Waals surface area contributed by atoms with E-state index in [-0.39, 0.29) is 17.0 Å². The van der Waals surface area contributed by atoms with E-state index in [1.807, 2.05) is 18.2 Å². The molecule has 3 aromatic rings. The number of non-ortho nitro benzene ring substituents is 1. The van der Waals surface area contributed by atoms with Crippen LogP contribution < -0.4 is 10.1 Å². The fourth-order valence-electron chi connectivity index (χ4n) is 2.60. The highest BCUT2D eigenvalue weighted by molar-refractivity contribution is 14.1. The van der Waals surface area contributed by atoms with E-state index in [0.717, 1.165) is 3.57 Å². The summed E-state index contributed by atoms with van der Waals surface area (Å²) in [6.07, 6.45) is 1.30. The molecule has 0 spiro atoms. The minimum absolute atomic E-state index is 0.117. The van der Waals surface area contributed by atoms with E-state index in [9.17, 15) is 20.2 Å². The Kier molecular flexibility index (Phi) is 6.48. The summed E-state index contributed by atoms with van der Waals surface area (Å²) in [5, 5.41) is 23.1. The molecule has 0 radical (unpaired) electrons. The second-order valence-corrected chi connectivity index (χ2v) is 7.22. The van der Waals surface area contributed by atoms with Gasteiger partial charge in [0, 0.05) is 27.5 Å². The lowest BCUT2D eigenvalue weighted by atomic mass is 10.1. The third kappa shape index (κ3) is 4.84. The lowest BCUT2D eigenvalue weighted by Crippen LogP contribution is -2.13. The number of hydrogen-bond donors (Lipinski definition) is 1. The van der Waals surface area contributed by atoms with Gasteiger partial charge < -0.3 is 14.5 Å². The average Bonchev–Trinajstić information content (AvgIpc) is 3.21. The molecule has 0 fully saturated rings. The molecule has 30 heavy (non-hydrogen) atoms. The van der Waals surface area contributed by atoms with Crippen molar-refractivity contribution in [2.24, 2.45) is 0 Å². The summed E-state index contributed by atoms with van der Waals surface area (Å²) in [6.45, 7) is 0. The van der Waals surface area contributed by atoms with Gasteiger partial charge in [-0.2, -0.15) is 5.26 Å². The van der Waals surface area contributed by atoms with Gasteiger partial charge in [-0.25, -0.2) is 0 Å². The molecule has 0 aliphatic carbocycles. The number of hydrogen-bond acceptors (Lipinski definition) is 6. The predicted molar refractivity (Wildman–Crippen MR) is 119 cm³/mol. The molecule has 0 aliphatic heterocycles. The van der Waals surface area contributed by atoms with Crippen molar-refractivity contribution < 1.29 is 18.9 Å². The number of nitrogens with zero attached hydrogens (tertiary/aromatic N) is 2. The fourth-order valence-corrected chi connectivity index (χ4v) is 2.96. The SMILES string of the molecule is COc1ccc([N+](=O)[O-])cc1-c1ccc(/C=C(\C#N)C(=O)Nc2ccc(I)cc2)o1. The molecule has 0 bridgehead atoms. The van der Waals surface area contributed by atoms with Crippen LogP contribution in [0, 0.1) is 25.0 Å². The van der Waals surface area contributed by atoms with E-state index < -0.39 is 10.8 Å². The van der Waals surface area contributed by atoms with Crippen molar-refractivity contribution in [1.82, 2.24) is 0 Å². The van der Waals surface area contributed by atoms with Crippen LogP contribution >= 0.6 is 22.6 Å². The molecular formula is C21H14IN3O5. The third-order valence-corrected chi connectivity index (χ3v) is 4.76. The molecule has 0 saturated carbocycles. The van der Waals surface area contributed by atoms with Crippen LogP contribution in [0.1, 0.15) is 5.76 Å². The Morgan fingerprint density at radius 1 is 1.23 bits per heavy atom. The molecule has 2 aromatic carbocycles. The summed E-state index contributed by atoms with van der Waals surface area (Å²) in [4.78, 5) is 22.9. The number of ether oxygens (including phenoxy) is 1. The van der Waals surface area contributed by atoms with Crippen LogP contribution in [0.15, 0.2) is 64.6 Å². The number of rotatable bonds is 6. The first-order valence-electron chi connectivity index (χ1n) is 8.52. The van der Waals surface area contributed by atoms with Crippen LogP contribution in [-0.2, 0) is 4.79 Å². The molecule has 1 amide bonds. The minimum atomic E-state index is -0.579. The maximum atomic E-state index is 12.4. The van der Waals surface area contributed by atoms with Gasteiger partial charge in [-0.15, -0.1) is 0 Å². The van der Waals surface area contributed by atoms with E-state index in [1.165, 1.54) is 31.4 Å². The van der Waals surface area contributed by atoms with Crippen LogP contribution in [0.3, 0.4) is 0 Å². The molecule has 8 nitrogen and oxygen atoms in total. The zero-order valence-electron chi connectivity index (χ0n) is 15.6. The van der Waals surface area contributed by atoms with Crippen LogP contribution in [0.25, 0.3) is 17.4 Å². The molecule has 0 aliphatic rings. The number of nitrogens with one attached hydrogen (secondary N) is 1. The number of methoxy groups -OCH3 is 1. The molecule has 0 unspecified atom stereocenters. The number of halogens is 1. The van der Waals surface area contributed by atoms with Gasteiger partial charge >= 0.3 is 0 Å². The average molecular weight is 515 g/mol. The number of furan rings is 1. The first-order valence-corrected chi connectivity index (χ1v) is 9.60. The number of carbonyl (C=O) groups is 1. The molecule has 0 saturated heterocycles. The Hall–Kier alpha value is -3.65. The summed E-state index contributed by atoms with van der Waals surface area (Å²) in [5.74, 6) is 0.358. The van der Waals surface area contributed by atoms with Crippen molar-refractivity contribution in [3.05, 3.63) is 79.6 Å². The Morgan fingerprint density at radius 3 is 2.60 bits per heavy atom. The monoisotopic (exact) mass is 515 g/mol. The molecule has 1 N–H and O–H groups in total. The second-order valence-electron chi connectivity index (χ2n) is 5.97. The summed E-state index contributed by atoms with van der Waals surface area (Å²) in [7, 11) is 1.44. The van der Waals surface area contributed by atoms with E-state index in [1.54, 1.807) is 24.3 Å². The van der Waals surface area contributed by atoms with Crippen molar-refractivity contribution in [3.63, 3.8) is 0 Å². The van der Waals surface area contributed by atoms with Gasteiger partial charge in [0.05, 0.1) is 17.6 Å². The number of nitriles is 1. The predicted octanol–water partition coefficient (Wildman–Crippen LogP) is 5.01. The fraction of sp³-hybridized carbons (Fsp3) is 0.0476. The molecular weight excluding hydrogens is 501 g/mol. The van der Waals surface area contributed by atoms with Crippen LogP contribution in [0.4, 0.5) is 11.4 Å². The maximum absolute atomic E-state index is 12.4. The van der Waals surface area contributed by atoms with E-state index in [0.29, 0.717) is 22.8 Å². The number of amides is 1. The maximum Gasteiger partial charge on any atom is 0.270 e. The number of benzene rings is 2. The Bertz CT molecular complexity index is 1180. The van der Waals surface area contributed by atoms with E-state index >= 15 is 0 Å². The molecule has 0 atom stereocenters. The summed E-state index contributed by atoms with van der Waals surface area (Å²) in [6, 6.07) is 16.2. The molecule has 150 valence electrons. The van der Waals surface area contributed by atoms with Crippen LogP contribution in [-0.4, -0.2) is 17.9 Å². The van der Waals surface area contributed by atoms with Crippen molar-refractivity contribution in [2.75, 3.05) is 12.4 Å². The lowest BCUT2D eigenvalue weighted by Gasteiger charge is -2.06. The Labute approximate surface area is 185 Å². The zero-order chi connectivity index (χ0) is 21.7. The quantitative estimate of drug-likeness (QED) is 0.162. The highest BCUT2D eigenvalue weighted by Crippen LogP contribution is 2.34. The summed E-state index contributed by atoms with van der Waals surface area (Å²) < 4.78 is 11.9. The van der Waals surface area contributed by atoms with Crippen LogP contribution in [0.2, 0.25) is 0 Å². The highest BCUT2D eigenvalue weighted by atomic mass is 127. The van der Waals surface area contributed by atoms with Gasteiger partial charge in [0.1, 0.15) is 28.9 Å². The van der Waals surface area contributed by atoms with Gasteiger partial charge in [-0.1, -0.05) is 0 Å². The standard InChI is InChI=1S/C21H14IN3O5/c1-29-19-8-6-16(25(27)28)11-18(19)20-9-7-17(30-20)10-13(12-23)21(26)24-15-4-2-14(22)3-5-15/h2-11H,1H3,(H,24,26)/b13-10+. The Balaban J connectivity index is 1.87. The van der Waals surface area contributed by atoms with E-state index in [2.05, 4.69) is 27.9 Å². The normalized spacial score (nSPS) is 10.9. The van der Waals surface area contributed by atoms with Gasteiger partial charge in [0.25, 0.3) is 11.6 Å². The summed E-state index contributed by atoms with van der Waals surface area (Å²) in [5.41, 5.74) is 0.672. The van der Waals surface area contributed by atoms with Crippen molar-refractivity contribution in [2.45, 2.75) is 0 Å².